The van der Waals surface area contributed by atoms with Crippen LogP contribution in [0.2, 0.25) is 0 Å². The van der Waals surface area contributed by atoms with Crippen LogP contribution in [0.4, 0.5) is 0 Å². The molecular formula is C12H24N2O2. The van der Waals surface area contributed by atoms with E-state index in [0.29, 0.717) is 0 Å². The van der Waals surface area contributed by atoms with Crippen molar-refractivity contribution < 1.29 is 9.53 Å². The zero-order chi connectivity index (χ0) is 12.1. The van der Waals surface area contributed by atoms with Crippen molar-refractivity contribution in [3.63, 3.8) is 0 Å². The topological polar surface area (TPSA) is 64.3 Å². The number of amides is 1. The lowest BCUT2D eigenvalue weighted by Gasteiger charge is -2.30. The van der Waals surface area contributed by atoms with Crippen LogP contribution >= 0.6 is 0 Å². The van der Waals surface area contributed by atoms with Crippen molar-refractivity contribution in [2.24, 2.45) is 5.73 Å². The van der Waals surface area contributed by atoms with Gasteiger partial charge in [-0.1, -0.05) is 12.8 Å². The highest BCUT2D eigenvalue weighted by Gasteiger charge is 2.26. The van der Waals surface area contributed by atoms with Crippen molar-refractivity contribution in [3.8, 4) is 0 Å². The van der Waals surface area contributed by atoms with Crippen molar-refractivity contribution in [2.45, 2.75) is 70.7 Å². The molecule has 16 heavy (non-hydrogen) atoms. The van der Waals surface area contributed by atoms with E-state index in [4.69, 9.17) is 10.5 Å². The Balaban J connectivity index is 2.37. The largest absolute Gasteiger partial charge is 0.364 e. The third-order valence-corrected chi connectivity index (χ3v) is 2.93. The van der Waals surface area contributed by atoms with Gasteiger partial charge in [0.1, 0.15) is 6.10 Å². The monoisotopic (exact) mass is 228 g/mol. The summed E-state index contributed by atoms with van der Waals surface area (Å²) >= 11 is 0. The Labute approximate surface area is 97.9 Å². The molecule has 4 nitrogen and oxygen atoms in total. The Morgan fingerprint density at radius 2 is 1.94 bits per heavy atom. The van der Waals surface area contributed by atoms with Crippen LogP contribution in [-0.2, 0) is 9.53 Å². The minimum absolute atomic E-state index is 0.0432. The predicted octanol–water partition coefficient (Wildman–Crippen LogP) is 1.19. The average molecular weight is 228 g/mol. The van der Waals surface area contributed by atoms with Gasteiger partial charge in [0.05, 0.1) is 6.10 Å². The molecule has 1 saturated carbocycles. The second-order valence-corrected chi connectivity index (χ2v) is 4.93. The zero-order valence-corrected chi connectivity index (χ0v) is 10.5. The lowest BCUT2D eigenvalue weighted by atomic mass is 9.93. The minimum Gasteiger partial charge on any atom is -0.364 e. The Hall–Kier alpha value is -0.610. The fraction of sp³-hybridized carbons (Fsp3) is 0.917. The Morgan fingerprint density at radius 1 is 1.31 bits per heavy atom. The third-order valence-electron chi connectivity index (χ3n) is 2.93. The number of rotatable bonds is 4. The summed E-state index contributed by atoms with van der Waals surface area (Å²) < 4.78 is 5.73. The SMILES string of the molecule is CC(C)NC(=O)C(C)OC1CCCCC1N. The van der Waals surface area contributed by atoms with Crippen LogP contribution in [-0.4, -0.2) is 30.2 Å². The molecule has 0 aromatic heterocycles. The first-order chi connectivity index (χ1) is 7.50. The maximum absolute atomic E-state index is 11.7. The first kappa shape index (κ1) is 13.5. The van der Waals surface area contributed by atoms with E-state index in [1.165, 1.54) is 6.42 Å². The first-order valence-electron chi connectivity index (χ1n) is 6.22. The summed E-state index contributed by atoms with van der Waals surface area (Å²) in [7, 11) is 0. The van der Waals surface area contributed by atoms with E-state index < -0.39 is 6.10 Å². The van der Waals surface area contributed by atoms with Gasteiger partial charge in [0.2, 0.25) is 5.91 Å². The normalized spacial score (nSPS) is 27.8. The van der Waals surface area contributed by atoms with Gasteiger partial charge in [-0.05, 0) is 33.6 Å². The summed E-state index contributed by atoms with van der Waals surface area (Å²) in [6, 6.07) is 0.238. The molecule has 0 heterocycles. The molecule has 0 spiro atoms. The summed E-state index contributed by atoms with van der Waals surface area (Å²) in [4.78, 5) is 11.7. The first-order valence-corrected chi connectivity index (χ1v) is 6.22. The van der Waals surface area contributed by atoms with Crippen LogP contribution in [0.15, 0.2) is 0 Å². The molecule has 0 aliphatic heterocycles. The predicted molar refractivity (Wildman–Crippen MR) is 64.1 cm³/mol. The molecule has 3 N–H and O–H groups in total. The maximum Gasteiger partial charge on any atom is 0.249 e. The second-order valence-electron chi connectivity index (χ2n) is 4.93. The molecule has 3 unspecified atom stereocenters. The Bertz CT molecular complexity index is 231. The molecule has 0 aromatic rings. The van der Waals surface area contributed by atoms with E-state index in [9.17, 15) is 4.79 Å². The molecular weight excluding hydrogens is 204 g/mol. The van der Waals surface area contributed by atoms with Crippen molar-refractivity contribution in [2.75, 3.05) is 0 Å². The summed E-state index contributed by atoms with van der Waals surface area (Å²) in [6.07, 6.45) is 3.94. The summed E-state index contributed by atoms with van der Waals surface area (Å²) in [6.45, 7) is 5.67. The van der Waals surface area contributed by atoms with Gasteiger partial charge < -0.3 is 15.8 Å². The third kappa shape index (κ3) is 4.10. The van der Waals surface area contributed by atoms with E-state index in [1.54, 1.807) is 6.92 Å². The number of ether oxygens (including phenoxy) is 1. The van der Waals surface area contributed by atoms with Gasteiger partial charge in [-0.25, -0.2) is 0 Å². The molecule has 1 aliphatic rings. The van der Waals surface area contributed by atoms with Crippen LogP contribution in [0, 0.1) is 0 Å². The summed E-state index contributed by atoms with van der Waals surface area (Å²) in [5.74, 6) is -0.0484. The van der Waals surface area contributed by atoms with Crippen molar-refractivity contribution >= 4 is 5.91 Å². The van der Waals surface area contributed by atoms with Crippen molar-refractivity contribution in [1.29, 1.82) is 0 Å². The van der Waals surface area contributed by atoms with Gasteiger partial charge in [0, 0.05) is 12.1 Å². The molecule has 0 bridgehead atoms. The van der Waals surface area contributed by atoms with E-state index in [1.807, 2.05) is 13.8 Å². The molecule has 1 fully saturated rings. The Kier molecular flexibility index (Phi) is 5.22. The fourth-order valence-corrected chi connectivity index (χ4v) is 2.02. The maximum atomic E-state index is 11.7. The number of nitrogens with one attached hydrogen (secondary N) is 1. The van der Waals surface area contributed by atoms with E-state index in [-0.39, 0.29) is 24.1 Å². The zero-order valence-electron chi connectivity index (χ0n) is 10.5. The lowest BCUT2D eigenvalue weighted by Crippen LogP contribution is -2.45. The van der Waals surface area contributed by atoms with Gasteiger partial charge in [-0.3, -0.25) is 4.79 Å². The van der Waals surface area contributed by atoms with E-state index in [2.05, 4.69) is 5.32 Å². The van der Waals surface area contributed by atoms with E-state index in [0.717, 1.165) is 19.3 Å². The molecule has 1 rings (SSSR count). The Morgan fingerprint density at radius 3 is 2.50 bits per heavy atom. The van der Waals surface area contributed by atoms with Gasteiger partial charge in [-0.15, -0.1) is 0 Å². The molecule has 0 aromatic carbocycles. The number of carbonyl (C=O) groups is 1. The molecule has 3 atom stereocenters. The summed E-state index contributed by atoms with van der Waals surface area (Å²) in [5, 5.41) is 2.84. The minimum atomic E-state index is -0.406. The second kappa shape index (κ2) is 6.21. The van der Waals surface area contributed by atoms with Gasteiger partial charge in [-0.2, -0.15) is 0 Å². The number of nitrogens with two attached hydrogens (primary N) is 1. The van der Waals surface area contributed by atoms with Gasteiger partial charge in [0.25, 0.3) is 0 Å². The molecule has 94 valence electrons. The molecule has 1 amide bonds. The average Bonchev–Trinajstić information content (AvgIpc) is 2.20. The molecule has 0 radical (unpaired) electrons. The standard InChI is InChI=1S/C12H24N2O2/c1-8(2)14-12(15)9(3)16-11-7-5-4-6-10(11)13/h8-11H,4-7,13H2,1-3H3,(H,14,15). The van der Waals surface area contributed by atoms with Crippen LogP contribution < -0.4 is 11.1 Å². The highest BCUT2D eigenvalue weighted by Crippen LogP contribution is 2.20. The number of hydrogen-bond donors (Lipinski definition) is 2. The molecule has 4 heteroatoms. The quantitative estimate of drug-likeness (QED) is 0.759. The van der Waals surface area contributed by atoms with Gasteiger partial charge in [0.15, 0.2) is 0 Å². The fourth-order valence-electron chi connectivity index (χ4n) is 2.02. The molecule has 0 saturated heterocycles. The number of carbonyl (C=O) groups excluding carboxylic acids is 1. The highest BCUT2D eigenvalue weighted by atomic mass is 16.5. The summed E-state index contributed by atoms with van der Waals surface area (Å²) in [5.41, 5.74) is 5.97. The molecule has 1 aliphatic carbocycles. The van der Waals surface area contributed by atoms with Crippen molar-refractivity contribution in [1.82, 2.24) is 5.32 Å². The van der Waals surface area contributed by atoms with Crippen LogP contribution in [0.25, 0.3) is 0 Å². The van der Waals surface area contributed by atoms with E-state index >= 15 is 0 Å². The van der Waals surface area contributed by atoms with Crippen LogP contribution in [0.5, 0.6) is 0 Å². The highest BCUT2D eigenvalue weighted by molar-refractivity contribution is 5.80. The smallest absolute Gasteiger partial charge is 0.249 e. The number of hydrogen-bond acceptors (Lipinski definition) is 3. The lowest BCUT2D eigenvalue weighted by molar-refractivity contribution is -0.137. The van der Waals surface area contributed by atoms with Gasteiger partial charge >= 0.3 is 0 Å². The van der Waals surface area contributed by atoms with Crippen LogP contribution in [0.3, 0.4) is 0 Å². The van der Waals surface area contributed by atoms with Crippen LogP contribution in [0.1, 0.15) is 46.5 Å². The van der Waals surface area contributed by atoms with Crippen molar-refractivity contribution in [3.05, 3.63) is 0 Å².